The number of rotatable bonds is 12. The average molecular weight is 555 g/mol. The van der Waals surface area contributed by atoms with Crippen LogP contribution in [0.4, 0.5) is 0 Å². The molecule has 5 nitrogen and oxygen atoms in total. The van der Waals surface area contributed by atoms with Gasteiger partial charge >= 0.3 is 6.72 Å². The van der Waals surface area contributed by atoms with E-state index in [1.165, 1.54) is 4.90 Å². The molecule has 0 N–H and O–H groups in total. The molecule has 0 aliphatic rings. The second-order valence-electron chi connectivity index (χ2n) is 6.05. The van der Waals surface area contributed by atoms with Crippen LogP contribution in [0, 0.1) is 0 Å². The highest BCUT2D eigenvalue weighted by Gasteiger charge is 2.21. The zero-order valence-corrected chi connectivity index (χ0v) is 24.1. The summed E-state index contributed by atoms with van der Waals surface area (Å²) in [5.41, 5.74) is -1.67. The van der Waals surface area contributed by atoms with Crippen molar-refractivity contribution >= 4 is 58.4 Å². The van der Waals surface area contributed by atoms with Gasteiger partial charge in [0.2, 0.25) is 0 Å². The zero-order valence-electron chi connectivity index (χ0n) is 19.1. The Morgan fingerprint density at radius 1 is 0.844 bits per heavy atom. The van der Waals surface area contributed by atoms with Gasteiger partial charge in [0.15, 0.2) is 4.90 Å². The molecule has 0 bridgehead atoms. The Labute approximate surface area is 210 Å². The van der Waals surface area contributed by atoms with Crippen molar-refractivity contribution in [1.29, 1.82) is 0 Å². The zero-order chi connectivity index (χ0) is 24.0. The molecule has 0 radical (unpaired) electrons. The standard InChI is InChI=1S/C11H17O4PS2.C10H15OPS2/c1-4-13-16(17,14-5-2)15-10-6-8-11(9-7-10)18(3)12;1-3-11-12(13,4-2)14-10-8-6-5-7-9-10/h6-9H,4-5H2,1-3H3;5-9H,3-4H2,1-2H3. The molecule has 2 unspecified atom stereocenters. The summed E-state index contributed by atoms with van der Waals surface area (Å²) in [5.74, 6) is 0.564. The quantitative estimate of drug-likeness (QED) is 0.201. The van der Waals surface area contributed by atoms with E-state index >= 15 is 0 Å². The fourth-order valence-corrected chi connectivity index (χ4v) is 9.49. The summed E-state index contributed by atoms with van der Waals surface area (Å²) < 4.78 is 33.3. The van der Waals surface area contributed by atoms with E-state index in [2.05, 4.69) is 19.1 Å². The van der Waals surface area contributed by atoms with Gasteiger partial charge in [-0.05, 0) is 68.3 Å². The summed E-state index contributed by atoms with van der Waals surface area (Å²) in [5, 5.41) is 0. The SMILES string of the molecule is CCOP(=S)(CC)Sc1ccccc1.CCOP(=S)(OCC)Oc1ccc([S+](C)[O-])cc1. The van der Waals surface area contributed by atoms with Gasteiger partial charge in [-0.25, -0.2) is 0 Å². The van der Waals surface area contributed by atoms with Crippen molar-refractivity contribution in [2.24, 2.45) is 0 Å². The lowest BCUT2D eigenvalue weighted by Crippen LogP contribution is -2.02. The van der Waals surface area contributed by atoms with E-state index in [0.29, 0.717) is 25.6 Å². The molecule has 2 atom stereocenters. The molecule has 2 aromatic rings. The molecule has 2 rings (SSSR count). The van der Waals surface area contributed by atoms with Gasteiger partial charge in [0.1, 0.15) is 17.5 Å². The van der Waals surface area contributed by atoms with Crippen LogP contribution in [0.3, 0.4) is 0 Å². The fourth-order valence-electron chi connectivity index (χ4n) is 2.25. The van der Waals surface area contributed by atoms with Gasteiger partial charge in [-0.3, -0.25) is 9.05 Å². The largest absolute Gasteiger partial charge is 0.612 e. The van der Waals surface area contributed by atoms with E-state index < -0.39 is 23.4 Å². The maximum absolute atomic E-state index is 11.3. The highest BCUT2D eigenvalue weighted by Crippen LogP contribution is 2.62. The Morgan fingerprint density at radius 2 is 1.38 bits per heavy atom. The van der Waals surface area contributed by atoms with Crippen LogP contribution >= 0.6 is 23.6 Å². The Morgan fingerprint density at radius 3 is 1.81 bits per heavy atom. The van der Waals surface area contributed by atoms with Crippen LogP contribution < -0.4 is 4.52 Å². The Kier molecular flexibility index (Phi) is 14.9. The van der Waals surface area contributed by atoms with E-state index in [1.807, 2.05) is 39.0 Å². The molecular weight excluding hydrogens is 522 g/mol. The van der Waals surface area contributed by atoms with Crippen LogP contribution in [-0.4, -0.2) is 36.8 Å². The van der Waals surface area contributed by atoms with E-state index in [4.69, 9.17) is 41.7 Å². The molecule has 180 valence electrons. The second-order valence-corrected chi connectivity index (χ2v) is 17.9. The van der Waals surface area contributed by atoms with Gasteiger partial charge in [0.05, 0.1) is 13.2 Å². The lowest BCUT2D eigenvalue weighted by molar-refractivity contribution is 0.218. The fraction of sp³-hybridized carbons (Fsp3) is 0.429. The molecule has 32 heavy (non-hydrogen) atoms. The number of hydrogen-bond donors (Lipinski definition) is 0. The van der Waals surface area contributed by atoms with Gasteiger partial charge in [0, 0.05) is 29.5 Å². The monoisotopic (exact) mass is 554 g/mol. The summed E-state index contributed by atoms with van der Waals surface area (Å²) in [7, 11) is 0. The average Bonchev–Trinajstić information content (AvgIpc) is 2.75. The third-order valence-corrected chi connectivity index (χ3v) is 13.5. The summed E-state index contributed by atoms with van der Waals surface area (Å²) in [6.07, 6.45) is 2.57. The predicted octanol–water partition coefficient (Wildman–Crippen LogP) is 7.24. The topological polar surface area (TPSA) is 60.0 Å². The first-order valence-corrected chi connectivity index (χ1v) is 18.6. The summed E-state index contributed by atoms with van der Waals surface area (Å²) >= 11 is 11.5. The molecule has 0 saturated carbocycles. The first-order valence-electron chi connectivity index (χ1n) is 10.2. The maximum Gasteiger partial charge on any atom is 0.380 e. The molecule has 0 fully saturated rings. The number of hydrogen-bond acceptors (Lipinski definition) is 8. The molecular formula is C21H32O5P2S4. The van der Waals surface area contributed by atoms with Gasteiger partial charge in [-0.2, -0.15) is 0 Å². The third kappa shape index (κ3) is 11.5. The molecule has 2 aromatic carbocycles. The van der Waals surface area contributed by atoms with Crippen molar-refractivity contribution < 1.29 is 22.6 Å². The highest BCUT2D eigenvalue weighted by atomic mass is 32.9. The minimum Gasteiger partial charge on any atom is -0.612 e. The first-order chi connectivity index (χ1) is 15.2. The Bertz CT molecular complexity index is 856. The van der Waals surface area contributed by atoms with Crippen LogP contribution in [0.5, 0.6) is 5.75 Å². The molecule has 0 spiro atoms. The van der Waals surface area contributed by atoms with Crippen LogP contribution in [0.2, 0.25) is 0 Å². The molecule has 0 amide bonds. The molecule has 0 saturated heterocycles. The van der Waals surface area contributed by atoms with E-state index in [9.17, 15) is 4.55 Å². The van der Waals surface area contributed by atoms with Crippen molar-refractivity contribution in [2.45, 2.75) is 37.5 Å². The lowest BCUT2D eigenvalue weighted by atomic mass is 10.3. The van der Waals surface area contributed by atoms with E-state index in [-0.39, 0.29) is 0 Å². The highest BCUT2D eigenvalue weighted by molar-refractivity contribution is 8.69. The second kappa shape index (κ2) is 15.9. The van der Waals surface area contributed by atoms with Gasteiger partial charge in [0.25, 0.3) is 0 Å². The van der Waals surface area contributed by atoms with Crippen LogP contribution in [0.25, 0.3) is 0 Å². The van der Waals surface area contributed by atoms with E-state index in [1.54, 1.807) is 41.9 Å². The first kappa shape index (κ1) is 30.1. The minimum absolute atomic E-state index is 0.439. The Hall–Kier alpha value is 0.0800. The summed E-state index contributed by atoms with van der Waals surface area (Å²) in [6, 6.07) is 17.2. The normalized spacial score (nSPS) is 14.1. The van der Waals surface area contributed by atoms with Crippen molar-refractivity contribution in [2.75, 3.05) is 32.2 Å². The van der Waals surface area contributed by atoms with Crippen molar-refractivity contribution in [3.63, 3.8) is 0 Å². The minimum atomic E-state index is -2.72. The van der Waals surface area contributed by atoms with Crippen molar-refractivity contribution in [3.8, 4) is 5.75 Å². The van der Waals surface area contributed by atoms with E-state index in [0.717, 1.165) is 11.1 Å². The summed E-state index contributed by atoms with van der Waals surface area (Å²) in [6.45, 7) is 6.65. The smallest absolute Gasteiger partial charge is 0.380 e. The summed E-state index contributed by atoms with van der Waals surface area (Å²) in [4.78, 5) is 1.95. The van der Waals surface area contributed by atoms with Crippen molar-refractivity contribution in [3.05, 3.63) is 54.6 Å². The van der Waals surface area contributed by atoms with Crippen molar-refractivity contribution in [1.82, 2.24) is 0 Å². The maximum atomic E-state index is 11.3. The van der Waals surface area contributed by atoms with Crippen LogP contribution in [0.1, 0.15) is 27.7 Å². The van der Waals surface area contributed by atoms with Crippen LogP contribution in [-0.2, 0) is 48.4 Å². The number of benzene rings is 2. The Balaban J connectivity index is 0.000000330. The third-order valence-electron chi connectivity index (χ3n) is 3.65. The van der Waals surface area contributed by atoms with Gasteiger partial charge in [-0.1, -0.05) is 48.3 Å². The lowest BCUT2D eigenvalue weighted by Gasteiger charge is -2.21. The molecule has 11 heteroatoms. The van der Waals surface area contributed by atoms with Gasteiger partial charge in [-0.15, -0.1) is 0 Å². The van der Waals surface area contributed by atoms with Crippen LogP contribution in [0.15, 0.2) is 64.4 Å². The predicted molar refractivity (Wildman–Crippen MR) is 146 cm³/mol. The molecule has 0 heterocycles. The molecule has 0 aliphatic carbocycles. The molecule has 0 aromatic heterocycles. The van der Waals surface area contributed by atoms with Gasteiger partial charge < -0.3 is 13.6 Å². The molecule has 0 aliphatic heterocycles.